The zero-order valence-corrected chi connectivity index (χ0v) is 16.0. The first kappa shape index (κ1) is 21.0. The molecule has 2 N–H and O–H groups in total. The lowest BCUT2D eigenvalue weighted by molar-refractivity contribution is -0.120. The average Bonchev–Trinajstić information content (AvgIpc) is 3.21. The molecule has 8 heteroatoms. The molecular formula is C22H20F2N2O4. The zero-order chi connectivity index (χ0) is 21.3. The lowest BCUT2D eigenvalue weighted by Gasteiger charge is -2.06. The van der Waals surface area contributed by atoms with E-state index in [9.17, 15) is 18.4 Å². The fourth-order valence-corrected chi connectivity index (χ4v) is 2.58. The van der Waals surface area contributed by atoms with Gasteiger partial charge in [-0.3, -0.25) is 9.59 Å². The van der Waals surface area contributed by atoms with Crippen LogP contribution >= 0.6 is 0 Å². The summed E-state index contributed by atoms with van der Waals surface area (Å²) in [4.78, 5) is 24.0. The fourth-order valence-electron chi connectivity index (χ4n) is 2.58. The summed E-state index contributed by atoms with van der Waals surface area (Å²) < 4.78 is 36.6. The standard InChI is InChI=1S/C22H20F2N2O4/c23-16-3-1-15(2-4-16)13-21(27)25-11-12-26-22(28)20-10-9-19(30-20)14-29-18-7-5-17(24)6-8-18/h1-10H,11-14H2,(H,25,27)(H,26,28). The molecule has 0 saturated heterocycles. The van der Waals surface area contributed by atoms with E-state index in [0.29, 0.717) is 17.1 Å². The second kappa shape index (κ2) is 10.2. The summed E-state index contributed by atoms with van der Waals surface area (Å²) in [7, 11) is 0. The Morgan fingerprint density at radius 3 is 2.17 bits per heavy atom. The monoisotopic (exact) mass is 414 g/mol. The van der Waals surface area contributed by atoms with Crippen molar-refractivity contribution in [2.75, 3.05) is 13.1 Å². The summed E-state index contributed by atoms with van der Waals surface area (Å²) in [6, 6.07) is 14.4. The van der Waals surface area contributed by atoms with Gasteiger partial charge < -0.3 is 19.8 Å². The molecule has 2 aromatic carbocycles. The quantitative estimate of drug-likeness (QED) is 0.527. The van der Waals surface area contributed by atoms with Gasteiger partial charge in [0.25, 0.3) is 5.91 Å². The molecule has 1 aromatic heterocycles. The van der Waals surface area contributed by atoms with E-state index in [1.54, 1.807) is 18.2 Å². The summed E-state index contributed by atoms with van der Waals surface area (Å²) in [6.07, 6.45) is 0.129. The number of carbonyl (C=O) groups excluding carboxylic acids is 2. The van der Waals surface area contributed by atoms with Crippen LogP contribution in [-0.4, -0.2) is 24.9 Å². The number of hydrogen-bond acceptors (Lipinski definition) is 4. The van der Waals surface area contributed by atoms with E-state index in [-0.39, 0.29) is 49.4 Å². The number of halogens is 2. The second-order valence-corrected chi connectivity index (χ2v) is 6.42. The van der Waals surface area contributed by atoms with Crippen molar-refractivity contribution in [1.29, 1.82) is 0 Å². The normalized spacial score (nSPS) is 10.5. The van der Waals surface area contributed by atoms with Crippen molar-refractivity contribution in [3.63, 3.8) is 0 Å². The van der Waals surface area contributed by atoms with Crippen molar-refractivity contribution >= 4 is 11.8 Å². The summed E-state index contributed by atoms with van der Waals surface area (Å²) in [5, 5.41) is 5.32. The maximum Gasteiger partial charge on any atom is 0.287 e. The van der Waals surface area contributed by atoms with Crippen molar-refractivity contribution in [3.8, 4) is 5.75 Å². The van der Waals surface area contributed by atoms with Crippen LogP contribution in [-0.2, 0) is 17.8 Å². The van der Waals surface area contributed by atoms with Crippen LogP contribution in [0.5, 0.6) is 5.75 Å². The van der Waals surface area contributed by atoms with Crippen molar-refractivity contribution in [2.45, 2.75) is 13.0 Å². The van der Waals surface area contributed by atoms with Crippen molar-refractivity contribution in [3.05, 3.63) is 89.4 Å². The second-order valence-electron chi connectivity index (χ2n) is 6.42. The molecule has 0 fully saturated rings. The highest BCUT2D eigenvalue weighted by Gasteiger charge is 2.11. The smallest absolute Gasteiger partial charge is 0.287 e. The third-order valence-corrected chi connectivity index (χ3v) is 4.09. The Hall–Kier alpha value is -3.68. The van der Waals surface area contributed by atoms with Gasteiger partial charge in [-0.15, -0.1) is 0 Å². The number of ether oxygens (including phenoxy) is 1. The Labute approximate surface area is 171 Å². The van der Waals surface area contributed by atoms with E-state index in [1.807, 2.05) is 0 Å². The van der Waals surface area contributed by atoms with Gasteiger partial charge >= 0.3 is 0 Å². The molecule has 0 aliphatic carbocycles. The van der Waals surface area contributed by atoms with Crippen LogP contribution in [0.3, 0.4) is 0 Å². The van der Waals surface area contributed by atoms with Crippen LogP contribution in [0.15, 0.2) is 65.1 Å². The molecule has 0 atom stereocenters. The van der Waals surface area contributed by atoms with Crippen molar-refractivity contribution in [2.24, 2.45) is 0 Å². The summed E-state index contributed by atoms with van der Waals surface area (Å²) in [5.74, 6) is -0.321. The molecule has 0 spiro atoms. The van der Waals surface area contributed by atoms with Crippen LogP contribution < -0.4 is 15.4 Å². The van der Waals surface area contributed by atoms with E-state index in [4.69, 9.17) is 9.15 Å². The Kier molecular flexibility index (Phi) is 7.15. The summed E-state index contributed by atoms with van der Waals surface area (Å²) in [5.41, 5.74) is 0.698. The lowest BCUT2D eigenvalue weighted by Crippen LogP contribution is -2.35. The number of amides is 2. The Morgan fingerprint density at radius 1 is 0.833 bits per heavy atom. The largest absolute Gasteiger partial charge is 0.486 e. The first-order valence-corrected chi connectivity index (χ1v) is 9.26. The van der Waals surface area contributed by atoms with Crippen LogP contribution in [0, 0.1) is 11.6 Å². The topological polar surface area (TPSA) is 80.6 Å². The van der Waals surface area contributed by atoms with E-state index in [1.165, 1.54) is 42.5 Å². The highest BCUT2D eigenvalue weighted by Crippen LogP contribution is 2.15. The minimum atomic E-state index is -0.421. The predicted molar refractivity (Wildman–Crippen MR) is 105 cm³/mol. The van der Waals surface area contributed by atoms with Crippen LogP contribution in [0.25, 0.3) is 0 Å². The molecule has 0 radical (unpaired) electrons. The average molecular weight is 414 g/mol. The number of benzene rings is 2. The van der Waals surface area contributed by atoms with Gasteiger partial charge in [0.1, 0.15) is 29.8 Å². The number of carbonyl (C=O) groups is 2. The first-order chi connectivity index (χ1) is 14.5. The molecule has 3 rings (SSSR count). The van der Waals surface area contributed by atoms with Crippen LogP contribution in [0.2, 0.25) is 0 Å². The molecular weight excluding hydrogens is 394 g/mol. The highest BCUT2D eigenvalue weighted by molar-refractivity contribution is 5.91. The Bertz CT molecular complexity index is 985. The van der Waals surface area contributed by atoms with Crippen molar-refractivity contribution < 1.29 is 27.5 Å². The van der Waals surface area contributed by atoms with Crippen molar-refractivity contribution in [1.82, 2.24) is 10.6 Å². The maximum atomic E-state index is 12.9. The fraction of sp³-hybridized carbons (Fsp3) is 0.182. The van der Waals surface area contributed by atoms with E-state index in [0.717, 1.165) is 0 Å². The molecule has 0 bridgehead atoms. The predicted octanol–water partition coefficient (Wildman–Crippen LogP) is 3.23. The Balaban J connectivity index is 1.36. The van der Waals surface area contributed by atoms with E-state index in [2.05, 4.69) is 10.6 Å². The van der Waals surface area contributed by atoms with Gasteiger partial charge in [-0.2, -0.15) is 0 Å². The van der Waals surface area contributed by atoms with Gasteiger partial charge in [0.2, 0.25) is 5.91 Å². The summed E-state index contributed by atoms with van der Waals surface area (Å²) in [6.45, 7) is 0.557. The molecule has 0 saturated carbocycles. The molecule has 30 heavy (non-hydrogen) atoms. The molecule has 6 nitrogen and oxygen atoms in total. The first-order valence-electron chi connectivity index (χ1n) is 9.26. The molecule has 1 heterocycles. The minimum Gasteiger partial charge on any atom is -0.486 e. The van der Waals surface area contributed by atoms with Gasteiger partial charge in [-0.1, -0.05) is 12.1 Å². The number of hydrogen-bond donors (Lipinski definition) is 2. The molecule has 2 amide bonds. The third-order valence-electron chi connectivity index (χ3n) is 4.09. The van der Waals surface area contributed by atoms with E-state index < -0.39 is 5.91 Å². The summed E-state index contributed by atoms with van der Waals surface area (Å²) >= 11 is 0. The van der Waals surface area contributed by atoms with E-state index >= 15 is 0 Å². The number of nitrogens with one attached hydrogen (secondary N) is 2. The van der Waals surface area contributed by atoms with Crippen LogP contribution in [0.4, 0.5) is 8.78 Å². The van der Waals surface area contributed by atoms with Gasteiger partial charge in [0, 0.05) is 13.1 Å². The molecule has 3 aromatic rings. The SMILES string of the molecule is O=C(Cc1ccc(F)cc1)NCCNC(=O)c1ccc(COc2ccc(F)cc2)o1. The molecule has 0 aliphatic heterocycles. The van der Waals surface area contributed by atoms with Gasteiger partial charge in [0.05, 0.1) is 6.42 Å². The van der Waals surface area contributed by atoms with Gasteiger partial charge in [-0.05, 0) is 54.1 Å². The van der Waals surface area contributed by atoms with Gasteiger partial charge in [-0.25, -0.2) is 8.78 Å². The highest BCUT2D eigenvalue weighted by atomic mass is 19.1. The third kappa shape index (κ3) is 6.44. The molecule has 156 valence electrons. The number of furan rings is 1. The Morgan fingerprint density at radius 2 is 1.47 bits per heavy atom. The zero-order valence-electron chi connectivity index (χ0n) is 16.0. The van der Waals surface area contributed by atoms with Gasteiger partial charge in [0.15, 0.2) is 5.76 Å². The lowest BCUT2D eigenvalue weighted by atomic mass is 10.1. The molecule has 0 aliphatic rings. The number of rotatable bonds is 9. The van der Waals surface area contributed by atoms with Crippen LogP contribution in [0.1, 0.15) is 21.9 Å². The maximum absolute atomic E-state index is 12.9. The molecule has 0 unspecified atom stereocenters. The minimum absolute atomic E-state index is 0.0956.